The average Bonchev–Trinajstić information content (AvgIpc) is 3.19. The van der Waals surface area contributed by atoms with Gasteiger partial charge in [0.15, 0.2) is 0 Å². The van der Waals surface area contributed by atoms with E-state index in [1.54, 1.807) is 11.4 Å². The molecule has 144 valence electrons. The number of sulfonamides is 1. The number of urea groups is 1. The first kappa shape index (κ1) is 19.1. The Bertz CT molecular complexity index is 787. The van der Waals surface area contributed by atoms with Gasteiger partial charge in [0.05, 0.1) is 0 Å². The molecule has 3 rings (SSSR count). The van der Waals surface area contributed by atoms with E-state index in [9.17, 15) is 31.2 Å². The second-order valence-corrected chi connectivity index (χ2v) is 9.19. The third kappa shape index (κ3) is 3.71. The van der Waals surface area contributed by atoms with E-state index in [1.165, 1.54) is 10.4 Å². The van der Waals surface area contributed by atoms with Crippen LogP contribution in [0.5, 0.6) is 0 Å². The minimum absolute atomic E-state index is 0.141. The fourth-order valence-electron chi connectivity index (χ4n) is 3.11. The van der Waals surface area contributed by atoms with E-state index < -0.39 is 47.3 Å². The van der Waals surface area contributed by atoms with Crippen molar-refractivity contribution in [2.24, 2.45) is 0 Å². The van der Waals surface area contributed by atoms with Gasteiger partial charge in [-0.2, -0.15) is 17.5 Å². The molecule has 2 saturated heterocycles. The van der Waals surface area contributed by atoms with Gasteiger partial charge >= 0.3 is 12.2 Å². The molecular formula is C14H16F3N3O4S2. The van der Waals surface area contributed by atoms with Gasteiger partial charge in [-0.15, -0.1) is 11.3 Å². The van der Waals surface area contributed by atoms with Crippen molar-refractivity contribution in [2.75, 3.05) is 26.2 Å². The van der Waals surface area contributed by atoms with Gasteiger partial charge in [0.25, 0.3) is 15.9 Å². The van der Waals surface area contributed by atoms with Gasteiger partial charge in [0.2, 0.25) is 0 Å². The van der Waals surface area contributed by atoms with Gasteiger partial charge in [-0.1, -0.05) is 6.07 Å². The molecule has 0 saturated carbocycles. The van der Waals surface area contributed by atoms with Crippen LogP contribution in [0.1, 0.15) is 12.8 Å². The zero-order valence-electron chi connectivity index (χ0n) is 13.5. The zero-order chi connectivity index (χ0) is 19.1. The maximum absolute atomic E-state index is 12.5. The van der Waals surface area contributed by atoms with Crippen molar-refractivity contribution < 1.29 is 31.2 Å². The standard InChI is InChI=1S/C14H16F3N3O4S2/c15-14(16,17)9-20-11(21)8-19(13(20)22)10-3-5-18(6-4-10)26(23,24)12-2-1-7-25-12/h1-2,7,10H,3-6,8-9H2. The Kier molecular flexibility index (Phi) is 5.01. The first-order valence-corrected chi connectivity index (χ1v) is 10.1. The number of hydrogen-bond donors (Lipinski definition) is 0. The number of nitrogens with zero attached hydrogens (tertiary/aromatic N) is 3. The van der Waals surface area contributed by atoms with Crippen LogP contribution in [0, 0.1) is 0 Å². The average molecular weight is 411 g/mol. The number of piperidine rings is 1. The fraction of sp³-hybridized carbons (Fsp3) is 0.571. The van der Waals surface area contributed by atoms with Crippen molar-refractivity contribution in [2.45, 2.75) is 29.3 Å². The number of carbonyl (C=O) groups is 2. The Morgan fingerprint density at radius 2 is 1.85 bits per heavy atom. The van der Waals surface area contributed by atoms with Crippen LogP contribution in [0.4, 0.5) is 18.0 Å². The number of hydrogen-bond acceptors (Lipinski definition) is 5. The predicted octanol–water partition coefficient (Wildman–Crippen LogP) is 1.73. The highest BCUT2D eigenvalue weighted by Gasteiger charge is 2.46. The van der Waals surface area contributed by atoms with Crippen molar-refractivity contribution in [1.29, 1.82) is 0 Å². The lowest BCUT2D eigenvalue weighted by Gasteiger charge is -2.35. The van der Waals surface area contributed by atoms with E-state index in [0.29, 0.717) is 0 Å². The number of thiophene rings is 1. The number of halogens is 3. The molecule has 3 heterocycles. The Morgan fingerprint density at radius 1 is 1.19 bits per heavy atom. The largest absolute Gasteiger partial charge is 0.406 e. The summed E-state index contributed by atoms with van der Waals surface area (Å²) in [5, 5.41) is 1.66. The highest BCUT2D eigenvalue weighted by molar-refractivity contribution is 7.91. The molecule has 26 heavy (non-hydrogen) atoms. The summed E-state index contributed by atoms with van der Waals surface area (Å²) in [6, 6.07) is 1.71. The van der Waals surface area contributed by atoms with Crippen LogP contribution in [-0.4, -0.2) is 72.9 Å². The summed E-state index contributed by atoms with van der Waals surface area (Å²) in [4.78, 5) is 25.2. The predicted molar refractivity (Wildman–Crippen MR) is 86.0 cm³/mol. The van der Waals surface area contributed by atoms with E-state index in [2.05, 4.69) is 0 Å². The van der Waals surface area contributed by atoms with Gasteiger partial charge in [0, 0.05) is 19.1 Å². The minimum Gasteiger partial charge on any atom is -0.312 e. The molecule has 0 radical (unpaired) electrons. The second kappa shape index (κ2) is 6.82. The number of imide groups is 1. The monoisotopic (exact) mass is 411 g/mol. The van der Waals surface area contributed by atoms with E-state index in [0.717, 1.165) is 16.2 Å². The molecule has 0 bridgehead atoms. The van der Waals surface area contributed by atoms with Crippen LogP contribution in [0.3, 0.4) is 0 Å². The molecule has 1 aromatic rings. The van der Waals surface area contributed by atoms with Crippen molar-refractivity contribution in [3.05, 3.63) is 17.5 Å². The number of alkyl halides is 3. The lowest BCUT2D eigenvalue weighted by Crippen LogP contribution is -2.48. The molecule has 0 atom stereocenters. The maximum Gasteiger partial charge on any atom is 0.406 e. The van der Waals surface area contributed by atoms with Crippen molar-refractivity contribution in [1.82, 2.24) is 14.1 Å². The van der Waals surface area contributed by atoms with Gasteiger partial charge < -0.3 is 4.90 Å². The molecule has 2 aliphatic heterocycles. The third-order valence-electron chi connectivity index (χ3n) is 4.37. The summed E-state index contributed by atoms with van der Waals surface area (Å²) in [6.07, 6.45) is -4.12. The summed E-state index contributed by atoms with van der Waals surface area (Å²) in [5.74, 6) is -0.888. The van der Waals surface area contributed by atoms with Gasteiger partial charge in [0.1, 0.15) is 17.3 Å². The highest BCUT2D eigenvalue weighted by Crippen LogP contribution is 2.28. The summed E-state index contributed by atoms with van der Waals surface area (Å²) in [6.45, 7) is -1.73. The molecule has 12 heteroatoms. The molecule has 7 nitrogen and oxygen atoms in total. The molecule has 1 aromatic heterocycles. The Hall–Kier alpha value is -1.66. The Morgan fingerprint density at radius 3 is 2.38 bits per heavy atom. The zero-order valence-corrected chi connectivity index (χ0v) is 15.1. The highest BCUT2D eigenvalue weighted by atomic mass is 32.2. The van der Waals surface area contributed by atoms with E-state index in [-0.39, 0.29) is 35.0 Å². The molecular weight excluding hydrogens is 395 g/mol. The van der Waals surface area contributed by atoms with E-state index in [4.69, 9.17) is 0 Å². The van der Waals surface area contributed by atoms with Gasteiger partial charge in [-0.05, 0) is 24.3 Å². The van der Waals surface area contributed by atoms with Crippen molar-refractivity contribution in [3.63, 3.8) is 0 Å². The minimum atomic E-state index is -4.65. The van der Waals surface area contributed by atoms with Crippen LogP contribution >= 0.6 is 11.3 Å². The van der Waals surface area contributed by atoms with Crippen LogP contribution < -0.4 is 0 Å². The van der Waals surface area contributed by atoms with Gasteiger partial charge in [-0.25, -0.2) is 13.2 Å². The lowest BCUT2D eigenvalue weighted by atomic mass is 10.1. The topological polar surface area (TPSA) is 78.0 Å². The fourth-order valence-corrected chi connectivity index (χ4v) is 5.73. The van der Waals surface area contributed by atoms with Crippen molar-refractivity contribution in [3.8, 4) is 0 Å². The smallest absolute Gasteiger partial charge is 0.312 e. The summed E-state index contributed by atoms with van der Waals surface area (Å²) >= 11 is 1.10. The number of carbonyl (C=O) groups excluding carboxylic acids is 2. The Balaban J connectivity index is 1.64. The van der Waals surface area contributed by atoms with E-state index >= 15 is 0 Å². The summed E-state index contributed by atoms with van der Waals surface area (Å²) in [5.41, 5.74) is 0. The molecule has 0 unspecified atom stereocenters. The number of rotatable bonds is 4. The second-order valence-electron chi connectivity index (χ2n) is 6.07. The third-order valence-corrected chi connectivity index (χ3v) is 7.65. The molecule has 2 aliphatic rings. The lowest BCUT2D eigenvalue weighted by molar-refractivity contribution is -0.151. The molecule has 0 aliphatic carbocycles. The molecule has 3 amide bonds. The van der Waals surface area contributed by atoms with Gasteiger partial charge in [-0.3, -0.25) is 9.69 Å². The Labute approximate surface area is 152 Å². The van der Waals surface area contributed by atoms with Crippen LogP contribution in [0.2, 0.25) is 0 Å². The summed E-state index contributed by atoms with van der Waals surface area (Å²) < 4.78 is 64.0. The van der Waals surface area contributed by atoms with Crippen LogP contribution in [-0.2, 0) is 14.8 Å². The van der Waals surface area contributed by atoms with E-state index in [1.807, 2.05) is 0 Å². The molecule has 0 N–H and O–H groups in total. The van der Waals surface area contributed by atoms with Crippen LogP contribution in [0.15, 0.2) is 21.7 Å². The first-order chi connectivity index (χ1) is 12.1. The first-order valence-electron chi connectivity index (χ1n) is 7.81. The molecule has 2 fully saturated rings. The molecule has 0 aromatic carbocycles. The molecule has 0 spiro atoms. The normalized spacial score (nSPS) is 21.0. The van der Waals surface area contributed by atoms with Crippen molar-refractivity contribution >= 4 is 33.3 Å². The maximum atomic E-state index is 12.5. The van der Waals surface area contributed by atoms with Crippen LogP contribution in [0.25, 0.3) is 0 Å². The SMILES string of the molecule is O=C1CN(C2CCN(S(=O)(=O)c3cccs3)CC2)C(=O)N1CC(F)(F)F. The summed E-state index contributed by atoms with van der Waals surface area (Å²) in [7, 11) is -3.60. The number of amides is 3. The quantitative estimate of drug-likeness (QED) is 0.707.